The molecule has 0 aromatic heterocycles. The van der Waals surface area contributed by atoms with Gasteiger partial charge >= 0.3 is 6.15 Å². The van der Waals surface area contributed by atoms with Crippen LogP contribution in [0.4, 0.5) is 8.78 Å². The first-order valence-corrected chi connectivity index (χ1v) is 4.04. The van der Waals surface area contributed by atoms with Gasteiger partial charge in [0.2, 0.25) is 0 Å². The first-order chi connectivity index (χ1) is 7.54. The van der Waals surface area contributed by atoms with Crippen LogP contribution in [0, 0.1) is 11.6 Å². The van der Waals surface area contributed by atoms with Crippen LogP contribution < -0.4 is 0 Å². The van der Waals surface area contributed by atoms with E-state index < -0.39 is 17.7 Å². The van der Waals surface area contributed by atoms with Crippen molar-refractivity contribution in [2.75, 3.05) is 0 Å². The number of halogens is 2. The SMILES string of the molecule is CC(N=[N+]=[N-])c1cc(F)cc(F)c1.O=C=O. The van der Waals surface area contributed by atoms with Gasteiger partial charge in [-0.3, -0.25) is 0 Å². The Kier molecular flexibility index (Phi) is 6.12. The Hall–Kier alpha value is -2.23. The van der Waals surface area contributed by atoms with Crippen LogP contribution >= 0.6 is 0 Å². The minimum absolute atomic E-state index is 0.250. The predicted octanol–water partition coefficient (Wildman–Crippen LogP) is 2.75. The number of carbonyl (C=O) groups excluding carboxylic acids is 2. The first kappa shape index (κ1) is 13.8. The first-order valence-electron chi connectivity index (χ1n) is 4.04. The van der Waals surface area contributed by atoms with Gasteiger partial charge in [-0.05, 0) is 23.2 Å². The molecule has 0 amide bonds. The van der Waals surface area contributed by atoms with Gasteiger partial charge in [-0.2, -0.15) is 9.59 Å². The lowest BCUT2D eigenvalue weighted by Crippen LogP contribution is -1.91. The van der Waals surface area contributed by atoms with Crippen molar-refractivity contribution in [1.29, 1.82) is 0 Å². The van der Waals surface area contributed by atoms with Crippen molar-refractivity contribution in [3.63, 3.8) is 0 Å². The zero-order valence-electron chi connectivity index (χ0n) is 8.22. The molecular weight excluding hydrogens is 220 g/mol. The summed E-state index contributed by atoms with van der Waals surface area (Å²) in [7, 11) is 0. The number of nitrogens with zero attached hydrogens (tertiary/aromatic N) is 3. The summed E-state index contributed by atoms with van der Waals surface area (Å²) in [5.74, 6) is -1.34. The molecular formula is C9H7F2N3O2. The Morgan fingerprint density at radius 1 is 1.31 bits per heavy atom. The molecule has 0 aliphatic carbocycles. The molecule has 0 spiro atoms. The molecule has 1 unspecified atom stereocenters. The molecule has 0 heterocycles. The minimum atomic E-state index is -0.671. The number of hydrogen-bond donors (Lipinski definition) is 0. The summed E-state index contributed by atoms with van der Waals surface area (Å²) in [6.45, 7) is 1.56. The summed E-state index contributed by atoms with van der Waals surface area (Å²) in [5.41, 5.74) is 8.44. The molecule has 1 atom stereocenters. The predicted molar refractivity (Wildman–Crippen MR) is 48.9 cm³/mol. The summed E-state index contributed by atoms with van der Waals surface area (Å²) >= 11 is 0. The van der Waals surface area contributed by atoms with Gasteiger partial charge in [-0.25, -0.2) is 8.78 Å². The van der Waals surface area contributed by atoms with Gasteiger partial charge in [-0.15, -0.1) is 0 Å². The Labute approximate surface area is 89.3 Å². The van der Waals surface area contributed by atoms with E-state index in [9.17, 15) is 8.78 Å². The van der Waals surface area contributed by atoms with Crippen molar-refractivity contribution in [2.45, 2.75) is 13.0 Å². The molecule has 0 fully saturated rings. The number of benzene rings is 1. The minimum Gasteiger partial charge on any atom is -0.207 e. The molecule has 16 heavy (non-hydrogen) atoms. The van der Waals surface area contributed by atoms with E-state index in [0.29, 0.717) is 5.56 Å². The highest BCUT2D eigenvalue weighted by atomic mass is 19.1. The third kappa shape index (κ3) is 4.85. The maximum atomic E-state index is 12.7. The van der Waals surface area contributed by atoms with Crippen LogP contribution in [0.2, 0.25) is 0 Å². The smallest absolute Gasteiger partial charge is 0.207 e. The van der Waals surface area contributed by atoms with Gasteiger partial charge < -0.3 is 0 Å². The lowest BCUT2D eigenvalue weighted by Gasteiger charge is -2.04. The van der Waals surface area contributed by atoms with Gasteiger partial charge in [-0.1, -0.05) is 12.0 Å². The largest absolute Gasteiger partial charge is 0.373 e. The topological polar surface area (TPSA) is 82.9 Å². The molecule has 0 bridgehead atoms. The second-order valence-corrected chi connectivity index (χ2v) is 2.67. The van der Waals surface area contributed by atoms with E-state index in [1.165, 1.54) is 0 Å². The fourth-order valence-electron chi connectivity index (χ4n) is 0.960. The second kappa shape index (κ2) is 7.11. The highest BCUT2D eigenvalue weighted by molar-refractivity contribution is 5.21. The van der Waals surface area contributed by atoms with E-state index in [1.54, 1.807) is 6.92 Å². The average Bonchev–Trinajstić information content (AvgIpc) is 2.17. The van der Waals surface area contributed by atoms with E-state index in [-0.39, 0.29) is 6.15 Å². The fraction of sp³-hybridized carbons (Fsp3) is 0.222. The highest BCUT2D eigenvalue weighted by Crippen LogP contribution is 2.18. The van der Waals surface area contributed by atoms with Crippen LogP contribution in [-0.2, 0) is 9.59 Å². The quantitative estimate of drug-likeness (QED) is 0.442. The molecule has 0 aliphatic heterocycles. The van der Waals surface area contributed by atoms with E-state index in [4.69, 9.17) is 15.1 Å². The van der Waals surface area contributed by atoms with Crippen molar-refractivity contribution in [3.8, 4) is 0 Å². The Morgan fingerprint density at radius 2 is 1.75 bits per heavy atom. The van der Waals surface area contributed by atoms with Crippen molar-refractivity contribution in [1.82, 2.24) is 0 Å². The van der Waals surface area contributed by atoms with Crippen LogP contribution in [0.15, 0.2) is 23.3 Å². The third-order valence-corrected chi connectivity index (χ3v) is 1.59. The van der Waals surface area contributed by atoms with E-state index in [1.807, 2.05) is 0 Å². The monoisotopic (exact) mass is 227 g/mol. The maximum absolute atomic E-state index is 12.7. The van der Waals surface area contributed by atoms with E-state index in [0.717, 1.165) is 18.2 Å². The van der Waals surface area contributed by atoms with Crippen LogP contribution in [0.3, 0.4) is 0 Å². The van der Waals surface area contributed by atoms with Crippen LogP contribution in [0.1, 0.15) is 18.5 Å². The molecule has 0 saturated heterocycles. The molecule has 0 radical (unpaired) electrons. The molecule has 1 aromatic carbocycles. The fourth-order valence-corrected chi connectivity index (χ4v) is 0.960. The average molecular weight is 227 g/mol. The van der Waals surface area contributed by atoms with E-state index >= 15 is 0 Å². The van der Waals surface area contributed by atoms with Gasteiger partial charge in [0, 0.05) is 11.0 Å². The summed E-state index contributed by atoms with van der Waals surface area (Å²) in [5, 5.41) is 3.32. The number of rotatable bonds is 2. The zero-order valence-corrected chi connectivity index (χ0v) is 8.22. The Balaban J connectivity index is 0.000000673. The van der Waals surface area contributed by atoms with Crippen molar-refractivity contribution >= 4 is 6.15 Å². The van der Waals surface area contributed by atoms with Gasteiger partial charge in [0.15, 0.2) is 0 Å². The zero-order chi connectivity index (χ0) is 12.6. The number of hydrogen-bond acceptors (Lipinski definition) is 3. The lowest BCUT2D eigenvalue weighted by molar-refractivity contribution is -0.191. The normalized spacial score (nSPS) is 10.2. The maximum Gasteiger partial charge on any atom is 0.373 e. The van der Waals surface area contributed by atoms with Crippen molar-refractivity contribution in [3.05, 3.63) is 45.8 Å². The van der Waals surface area contributed by atoms with Crippen LogP contribution in [-0.4, -0.2) is 6.15 Å². The van der Waals surface area contributed by atoms with Crippen molar-refractivity contribution in [2.24, 2.45) is 5.11 Å². The third-order valence-electron chi connectivity index (χ3n) is 1.59. The van der Waals surface area contributed by atoms with Gasteiger partial charge in [0.25, 0.3) is 0 Å². The number of azide groups is 1. The molecule has 0 aliphatic rings. The molecule has 1 aromatic rings. The Morgan fingerprint density at radius 3 is 2.12 bits per heavy atom. The summed E-state index contributed by atoms with van der Waals surface area (Å²) in [6, 6.07) is 2.49. The van der Waals surface area contributed by atoms with Crippen molar-refractivity contribution < 1.29 is 18.4 Å². The molecule has 0 N–H and O–H groups in total. The summed E-state index contributed by atoms with van der Waals surface area (Å²) in [6.07, 6.45) is 0.250. The molecule has 5 nitrogen and oxygen atoms in total. The summed E-state index contributed by atoms with van der Waals surface area (Å²) in [4.78, 5) is 18.8. The van der Waals surface area contributed by atoms with Gasteiger partial charge in [0.1, 0.15) is 11.6 Å². The molecule has 84 valence electrons. The molecule has 0 saturated carbocycles. The van der Waals surface area contributed by atoms with Gasteiger partial charge in [0.05, 0.1) is 6.04 Å². The molecule has 1 rings (SSSR count). The van der Waals surface area contributed by atoms with Crippen LogP contribution in [0.5, 0.6) is 0 Å². The highest BCUT2D eigenvalue weighted by Gasteiger charge is 2.06. The second-order valence-electron chi connectivity index (χ2n) is 2.67. The summed E-state index contributed by atoms with van der Waals surface area (Å²) < 4.78 is 25.3. The van der Waals surface area contributed by atoms with Crippen LogP contribution in [0.25, 0.3) is 10.4 Å². The lowest BCUT2D eigenvalue weighted by atomic mass is 10.1. The standard InChI is InChI=1S/C8H7F2N3.CO2/c1-5(12-13-11)6-2-7(9)4-8(10)3-6;2-1-3/h2-5H,1H3;. The molecule has 7 heteroatoms. The Bertz CT molecular complexity index is 418. The van der Waals surface area contributed by atoms with E-state index in [2.05, 4.69) is 10.0 Å².